The second-order valence-corrected chi connectivity index (χ2v) is 11.3. The van der Waals surface area contributed by atoms with Crippen molar-refractivity contribution in [2.45, 2.75) is 84.3 Å². The molecule has 1 aliphatic heterocycles. The molecule has 0 fully saturated rings. The zero-order valence-electron chi connectivity index (χ0n) is 20.3. The van der Waals surface area contributed by atoms with Crippen LogP contribution in [0, 0.1) is 20.8 Å². The number of ether oxygens (including phenoxy) is 2. The Balaban J connectivity index is 2.44. The number of fused-ring (bicyclic) bond motifs is 1. The van der Waals surface area contributed by atoms with Crippen molar-refractivity contribution in [2.24, 2.45) is 10.7 Å². The number of guanidine groups is 1. The van der Waals surface area contributed by atoms with Crippen molar-refractivity contribution in [3.05, 3.63) is 22.3 Å². The van der Waals surface area contributed by atoms with Gasteiger partial charge in [0.1, 0.15) is 17.0 Å². The summed E-state index contributed by atoms with van der Waals surface area (Å²) in [4.78, 5) is 16.6. The summed E-state index contributed by atoms with van der Waals surface area (Å²) in [6.45, 7) is 15.1. The van der Waals surface area contributed by atoms with E-state index in [2.05, 4.69) is 15.0 Å². The van der Waals surface area contributed by atoms with Crippen LogP contribution in [0.4, 0.5) is 4.79 Å². The van der Waals surface area contributed by atoms with Gasteiger partial charge in [0.15, 0.2) is 0 Å². The van der Waals surface area contributed by atoms with E-state index in [1.54, 1.807) is 34.6 Å². The van der Waals surface area contributed by atoms with Gasteiger partial charge in [0, 0.05) is 18.5 Å². The second kappa shape index (κ2) is 9.27. The normalized spacial score (nSPS) is 15.7. The molecule has 1 aliphatic rings. The molecule has 10 heteroatoms. The number of nitrogens with one attached hydrogen (secondary N) is 2. The third kappa shape index (κ3) is 6.13. The average Bonchev–Trinajstić information content (AvgIpc) is 2.94. The van der Waals surface area contributed by atoms with Crippen LogP contribution in [-0.4, -0.2) is 44.8 Å². The van der Waals surface area contributed by atoms with Crippen LogP contribution in [-0.2, 0) is 21.2 Å². The Hall–Kier alpha value is -2.33. The first-order valence-corrected chi connectivity index (χ1v) is 12.2. The van der Waals surface area contributed by atoms with E-state index < -0.39 is 27.3 Å². The number of sulfonamides is 1. The molecule has 0 aromatic heterocycles. The summed E-state index contributed by atoms with van der Waals surface area (Å²) in [6.07, 6.45) is 0.329. The zero-order chi connectivity index (χ0) is 24.5. The standard InChI is InChI=1S/C22H36N4O5S/c1-13-14(2)18(15(3)16-12-22(7,8)30-17(13)16)32(28,29)26-19(24-11-9-10-23)25-20(27)31-21(4,5)6/h9-12,23H2,1-8H3,(H2,24,25,26,27). The highest BCUT2D eigenvalue weighted by Crippen LogP contribution is 2.43. The lowest BCUT2D eigenvalue weighted by Crippen LogP contribution is -2.46. The van der Waals surface area contributed by atoms with Gasteiger partial charge >= 0.3 is 6.09 Å². The van der Waals surface area contributed by atoms with Crippen molar-refractivity contribution in [2.75, 3.05) is 13.1 Å². The van der Waals surface area contributed by atoms with Crippen molar-refractivity contribution in [3.8, 4) is 5.75 Å². The van der Waals surface area contributed by atoms with Gasteiger partial charge in [0.25, 0.3) is 10.0 Å². The fourth-order valence-corrected chi connectivity index (χ4v) is 5.16. The number of rotatable bonds is 5. The Bertz CT molecular complexity index is 1020. The van der Waals surface area contributed by atoms with E-state index in [1.165, 1.54) is 0 Å². The maximum Gasteiger partial charge on any atom is 0.414 e. The topological polar surface area (TPSA) is 132 Å². The number of alkyl carbamates (subject to hydrolysis) is 1. The summed E-state index contributed by atoms with van der Waals surface area (Å²) in [5, 5.41) is 2.41. The maximum absolute atomic E-state index is 13.4. The molecular formula is C22H36N4O5S. The smallest absolute Gasteiger partial charge is 0.414 e. The number of amides is 1. The predicted molar refractivity (Wildman–Crippen MR) is 125 cm³/mol. The van der Waals surface area contributed by atoms with E-state index in [0.29, 0.717) is 30.5 Å². The van der Waals surface area contributed by atoms with Gasteiger partial charge in [-0.3, -0.25) is 10.3 Å². The van der Waals surface area contributed by atoms with E-state index in [9.17, 15) is 13.2 Å². The van der Waals surface area contributed by atoms with E-state index in [-0.39, 0.29) is 17.4 Å². The van der Waals surface area contributed by atoms with E-state index in [1.807, 2.05) is 20.8 Å². The Morgan fingerprint density at radius 3 is 2.38 bits per heavy atom. The SMILES string of the molecule is Cc1c(C)c(S(=O)(=O)NC(=NCCCN)NC(=O)OC(C)(C)C)c(C)c2c1OC(C)(C)C2. The number of benzene rings is 1. The highest BCUT2D eigenvalue weighted by Gasteiger charge is 2.37. The fraction of sp³-hybridized carbons (Fsp3) is 0.636. The molecule has 180 valence electrons. The predicted octanol–water partition coefficient (Wildman–Crippen LogP) is 2.83. The van der Waals surface area contributed by atoms with E-state index in [4.69, 9.17) is 15.2 Å². The molecule has 0 atom stereocenters. The minimum Gasteiger partial charge on any atom is -0.487 e. The Morgan fingerprint density at radius 1 is 1.19 bits per heavy atom. The van der Waals surface area contributed by atoms with Gasteiger partial charge in [0.2, 0.25) is 5.96 Å². The van der Waals surface area contributed by atoms with Crippen LogP contribution in [0.5, 0.6) is 5.75 Å². The quantitative estimate of drug-likeness (QED) is 0.346. The average molecular weight is 469 g/mol. The van der Waals surface area contributed by atoms with Gasteiger partial charge in [-0.25, -0.2) is 17.9 Å². The molecule has 4 N–H and O–H groups in total. The molecule has 32 heavy (non-hydrogen) atoms. The summed E-state index contributed by atoms with van der Waals surface area (Å²) in [5.74, 6) is 0.536. The van der Waals surface area contributed by atoms with Crippen LogP contribution in [0.15, 0.2) is 9.89 Å². The lowest BCUT2D eigenvalue weighted by Gasteiger charge is -2.21. The van der Waals surface area contributed by atoms with Gasteiger partial charge in [-0.1, -0.05) is 0 Å². The molecule has 0 saturated heterocycles. The molecule has 0 spiro atoms. The third-order valence-corrected chi connectivity index (χ3v) is 6.66. The molecule has 9 nitrogen and oxygen atoms in total. The lowest BCUT2D eigenvalue weighted by molar-refractivity contribution is 0.0562. The summed E-state index contributed by atoms with van der Waals surface area (Å²) in [6, 6.07) is 0. The number of aliphatic imine (C=N–C) groups is 1. The van der Waals surface area contributed by atoms with Crippen molar-refractivity contribution in [1.82, 2.24) is 10.0 Å². The Kier molecular flexibility index (Phi) is 7.51. The van der Waals surface area contributed by atoms with E-state index >= 15 is 0 Å². The summed E-state index contributed by atoms with van der Waals surface area (Å²) in [5.41, 5.74) is 7.22. The number of carbonyl (C=O) groups is 1. The number of hydrogen-bond acceptors (Lipinski definition) is 7. The van der Waals surface area contributed by atoms with Crippen molar-refractivity contribution in [3.63, 3.8) is 0 Å². The minimum absolute atomic E-state index is 0.160. The van der Waals surface area contributed by atoms with E-state index in [0.717, 1.165) is 16.9 Å². The van der Waals surface area contributed by atoms with Crippen molar-refractivity contribution < 1.29 is 22.7 Å². The monoisotopic (exact) mass is 468 g/mol. The first-order chi connectivity index (χ1) is 14.6. The molecule has 1 amide bonds. The summed E-state index contributed by atoms with van der Waals surface area (Å²) >= 11 is 0. The van der Waals surface area contributed by atoms with Crippen LogP contribution < -0.4 is 20.5 Å². The number of nitrogens with two attached hydrogens (primary N) is 1. The Labute approximate surface area is 191 Å². The van der Waals surface area contributed by atoms with Crippen LogP contribution >= 0.6 is 0 Å². The first-order valence-electron chi connectivity index (χ1n) is 10.7. The van der Waals surface area contributed by atoms with Crippen molar-refractivity contribution >= 4 is 22.1 Å². The molecule has 0 saturated carbocycles. The van der Waals surface area contributed by atoms with Crippen LogP contribution in [0.25, 0.3) is 0 Å². The molecule has 1 aromatic rings. The fourth-order valence-electron chi connectivity index (χ4n) is 3.61. The molecule has 0 aliphatic carbocycles. The van der Waals surface area contributed by atoms with Gasteiger partial charge in [-0.2, -0.15) is 0 Å². The van der Waals surface area contributed by atoms with Gasteiger partial charge in [0.05, 0.1) is 4.90 Å². The summed E-state index contributed by atoms with van der Waals surface area (Å²) < 4.78 is 40.6. The molecule has 0 unspecified atom stereocenters. The van der Waals surface area contributed by atoms with Gasteiger partial charge in [-0.05, 0) is 85.0 Å². The lowest BCUT2D eigenvalue weighted by atomic mass is 9.94. The van der Waals surface area contributed by atoms with Gasteiger partial charge in [-0.15, -0.1) is 0 Å². The maximum atomic E-state index is 13.4. The second-order valence-electron chi connectivity index (χ2n) is 9.66. The van der Waals surface area contributed by atoms with Gasteiger partial charge < -0.3 is 15.2 Å². The van der Waals surface area contributed by atoms with Crippen LogP contribution in [0.3, 0.4) is 0 Å². The van der Waals surface area contributed by atoms with Crippen LogP contribution in [0.1, 0.15) is 63.3 Å². The van der Waals surface area contributed by atoms with Crippen molar-refractivity contribution in [1.29, 1.82) is 0 Å². The molecule has 1 heterocycles. The highest BCUT2D eigenvalue weighted by molar-refractivity contribution is 7.90. The molecule has 0 bridgehead atoms. The summed E-state index contributed by atoms with van der Waals surface area (Å²) in [7, 11) is -4.07. The van der Waals surface area contributed by atoms with Crippen LogP contribution in [0.2, 0.25) is 0 Å². The Morgan fingerprint density at radius 2 is 1.81 bits per heavy atom. The third-order valence-electron chi connectivity index (χ3n) is 5.04. The number of nitrogens with zero attached hydrogens (tertiary/aromatic N) is 1. The molecule has 0 radical (unpaired) electrons. The minimum atomic E-state index is -4.07. The first kappa shape index (κ1) is 25.9. The zero-order valence-corrected chi connectivity index (χ0v) is 21.1. The molecule has 2 rings (SSSR count). The highest BCUT2D eigenvalue weighted by atomic mass is 32.2. The number of carbonyl (C=O) groups excluding carboxylic acids is 1. The largest absolute Gasteiger partial charge is 0.487 e. The molecule has 1 aromatic carbocycles. The molecular weight excluding hydrogens is 432 g/mol. The number of hydrogen-bond donors (Lipinski definition) is 3.